The maximum Gasteiger partial charge on any atom is 0.508 e. The number of halogens is 3. The van der Waals surface area contributed by atoms with E-state index in [0.717, 1.165) is 13.8 Å². The van der Waals surface area contributed by atoms with Crippen LogP contribution in [0.25, 0.3) is 0 Å². The van der Waals surface area contributed by atoms with E-state index in [1.165, 1.54) is 30.9 Å². The van der Waals surface area contributed by atoms with E-state index in [4.69, 9.17) is 77.4 Å². The van der Waals surface area contributed by atoms with Crippen molar-refractivity contribution < 1.29 is 81.3 Å². The molecule has 18 nitrogen and oxygen atoms in total. The van der Waals surface area contributed by atoms with Crippen molar-refractivity contribution in [1.29, 1.82) is 0 Å². The van der Waals surface area contributed by atoms with Crippen LogP contribution in [0.4, 0.5) is 9.59 Å². The number of nitrogens with zero attached hydrogens (tertiary/aromatic N) is 1. The third kappa shape index (κ3) is 9.91. The van der Waals surface area contributed by atoms with Crippen molar-refractivity contribution in [3.8, 4) is 0 Å². The highest BCUT2D eigenvalue weighted by Gasteiger charge is 2.79. The number of hydrogen-bond donors (Lipinski definition) is 1. The maximum atomic E-state index is 16.2. The molecule has 1 unspecified atom stereocenters. The first kappa shape index (κ1) is 54.8. The summed E-state index contributed by atoms with van der Waals surface area (Å²) in [6, 6.07) is 15.2. The fraction of sp³-hybridized carbons (Fsp3) is 0.588. The quantitative estimate of drug-likeness (QED) is 0.109. The molecule has 72 heavy (non-hydrogen) atoms. The predicted octanol–water partition coefficient (Wildman–Crippen LogP) is 7.85. The second-order valence-electron chi connectivity index (χ2n) is 21.1. The molecule has 0 spiro atoms. The monoisotopic (exact) mass is 1060 g/mol. The van der Waals surface area contributed by atoms with Crippen LogP contribution >= 0.6 is 34.8 Å². The number of carbonyl (C=O) groups excluding carboxylic acids is 7. The van der Waals surface area contributed by atoms with Crippen molar-refractivity contribution in [2.75, 3.05) is 13.2 Å². The Morgan fingerprint density at radius 3 is 2.00 bits per heavy atom. The average Bonchev–Trinajstić information content (AvgIpc) is 3.56. The van der Waals surface area contributed by atoms with Gasteiger partial charge in [0, 0.05) is 32.1 Å². The first-order valence-electron chi connectivity index (χ1n) is 23.4. The van der Waals surface area contributed by atoms with Gasteiger partial charge in [-0.2, -0.15) is 0 Å². The van der Waals surface area contributed by atoms with Crippen LogP contribution in [0.2, 0.25) is 0 Å². The highest BCUT2D eigenvalue weighted by atomic mass is 35.6. The number of carbonyl (C=O) groups is 7. The topological polar surface area (TPSA) is 226 Å². The average molecular weight is 1070 g/mol. The van der Waals surface area contributed by atoms with Crippen LogP contribution in [-0.2, 0) is 61.8 Å². The lowest BCUT2D eigenvalue weighted by molar-refractivity contribution is -0.346. The first-order valence-corrected chi connectivity index (χ1v) is 24.5. The summed E-state index contributed by atoms with van der Waals surface area (Å²) in [5.41, 5.74) is -10.2. The summed E-state index contributed by atoms with van der Waals surface area (Å²) in [6.45, 7) is 15.2. The van der Waals surface area contributed by atoms with Gasteiger partial charge in [-0.3, -0.25) is 19.3 Å². The molecule has 1 N–H and O–H groups in total. The molecule has 392 valence electrons. The molecule has 2 saturated carbocycles. The van der Waals surface area contributed by atoms with Gasteiger partial charge in [-0.05, 0) is 77.3 Å². The Kier molecular flexibility index (Phi) is 14.7. The zero-order valence-electron chi connectivity index (χ0n) is 41.8. The minimum atomic E-state index is -2.50. The molecule has 7 rings (SSSR count). The van der Waals surface area contributed by atoms with Gasteiger partial charge in [0.05, 0.1) is 23.5 Å². The molecule has 0 aromatic heterocycles. The van der Waals surface area contributed by atoms with Crippen molar-refractivity contribution in [2.45, 2.75) is 158 Å². The van der Waals surface area contributed by atoms with E-state index < -0.39 is 147 Å². The number of fused-ring (bicyclic) bond motifs is 5. The van der Waals surface area contributed by atoms with E-state index in [9.17, 15) is 29.1 Å². The van der Waals surface area contributed by atoms with Crippen LogP contribution in [0.3, 0.4) is 0 Å². The number of benzene rings is 2. The molecule has 2 bridgehead atoms. The number of aliphatic hydroxyl groups is 1. The molecular formula is C51H60Cl3NO17. The predicted molar refractivity (Wildman–Crippen MR) is 255 cm³/mol. The van der Waals surface area contributed by atoms with E-state index in [1.54, 1.807) is 97.0 Å². The third-order valence-corrected chi connectivity index (χ3v) is 14.9. The van der Waals surface area contributed by atoms with Crippen LogP contribution in [0.5, 0.6) is 0 Å². The molecule has 1 amide bonds. The molecule has 2 aromatic rings. The third-order valence-electron chi connectivity index (χ3n) is 14.5. The summed E-state index contributed by atoms with van der Waals surface area (Å²) < 4.78 is 52.4. The van der Waals surface area contributed by atoms with E-state index in [2.05, 4.69) is 0 Å². The van der Waals surface area contributed by atoms with Gasteiger partial charge >= 0.3 is 36.1 Å². The molecule has 3 aliphatic carbocycles. The SMILES string of the molecule is CC(=O)O[C@H]1C(=O)[C@@]2(C)C([C@H](OC(=O)c3ccccc3)[C@]3(O)C[C@H](OC(=O)[C@@H]4OC(C)(C)N(C(=O)OC(C)(C)C)[C@H]4c4ccccc4)C(C)=C1C3(C)C)[C@]1(OC(C)=O)CO[C@@H]1C[C@@H]2OC(=O)OCC(Cl)(Cl)Cl. The second-order valence-corrected chi connectivity index (χ2v) is 23.6. The van der Waals surface area contributed by atoms with Gasteiger partial charge in [-0.1, -0.05) is 97.2 Å². The van der Waals surface area contributed by atoms with Gasteiger partial charge in [0.15, 0.2) is 23.6 Å². The van der Waals surface area contributed by atoms with Crippen molar-refractivity contribution in [2.24, 2.45) is 16.7 Å². The van der Waals surface area contributed by atoms with Crippen LogP contribution in [-0.4, -0.2) is 128 Å². The van der Waals surface area contributed by atoms with E-state index in [1.807, 2.05) is 0 Å². The Balaban J connectivity index is 1.44. The number of alkyl halides is 3. The van der Waals surface area contributed by atoms with Crippen LogP contribution < -0.4 is 0 Å². The number of hydrogen-bond acceptors (Lipinski definition) is 17. The number of Topliss-reactive ketones (excluding diaryl/α,β-unsaturated/α-hetero) is 1. The van der Waals surface area contributed by atoms with E-state index in [0.29, 0.717) is 5.56 Å². The fourth-order valence-corrected chi connectivity index (χ4v) is 11.5. The normalized spacial score (nSPS) is 32.5. The Morgan fingerprint density at radius 1 is 0.847 bits per heavy atom. The Labute approximate surface area is 432 Å². The second kappa shape index (κ2) is 19.4. The lowest BCUT2D eigenvalue weighted by atomic mass is 9.44. The molecule has 5 aliphatic rings. The van der Waals surface area contributed by atoms with Crippen LogP contribution in [0.1, 0.15) is 111 Å². The standard InChI is InChI=1S/C51H60Cl3NO17/c1-26-31(67-42(60)37-35(29-18-14-12-15-19-29)55(47(9,10)71-37)43(61)72-45(4,5)6)23-50(63)40(69-41(59)30-20-16-13-17-21-30)38-48(11,39(58)36(66-27(2)56)34(26)46(50,7)8)32(68-44(62)65-25-51(52,53)54)22-33-49(38,24-64-33)70-28(3)57/h12-21,31-33,35-38,40,63H,22-25H2,1-11H3/t31-,32-,33+,35-,36+,37+,38?,40-,48+,49-,50+/m0/s1. The first-order chi connectivity index (χ1) is 33.3. The Bertz CT molecular complexity index is 2520. The lowest BCUT2D eigenvalue weighted by Gasteiger charge is -2.67. The van der Waals surface area contributed by atoms with Gasteiger partial charge < -0.3 is 47.7 Å². The van der Waals surface area contributed by atoms with Gasteiger partial charge in [-0.15, -0.1) is 0 Å². The number of rotatable bonds is 9. The molecule has 2 heterocycles. The van der Waals surface area contributed by atoms with E-state index in [-0.39, 0.29) is 23.1 Å². The Morgan fingerprint density at radius 2 is 1.46 bits per heavy atom. The maximum absolute atomic E-state index is 16.2. The van der Waals surface area contributed by atoms with Crippen LogP contribution in [0, 0.1) is 16.7 Å². The Hall–Kier alpha value is -4.98. The van der Waals surface area contributed by atoms with E-state index >= 15 is 9.59 Å². The number of ketones is 1. The number of amides is 1. The van der Waals surface area contributed by atoms with Crippen molar-refractivity contribution in [1.82, 2.24) is 4.90 Å². The minimum absolute atomic E-state index is 0.0156. The number of ether oxygens (including phenoxy) is 9. The van der Waals surface area contributed by atoms with Gasteiger partial charge in [0.1, 0.15) is 54.0 Å². The molecule has 2 aliphatic heterocycles. The van der Waals surface area contributed by atoms with Crippen molar-refractivity contribution >= 4 is 76.7 Å². The molecule has 0 radical (unpaired) electrons. The minimum Gasteiger partial charge on any atom is -0.456 e. The van der Waals surface area contributed by atoms with Crippen LogP contribution in [0.15, 0.2) is 71.8 Å². The number of esters is 4. The smallest absolute Gasteiger partial charge is 0.456 e. The molecule has 2 aromatic carbocycles. The van der Waals surface area contributed by atoms with Gasteiger partial charge in [0.25, 0.3) is 0 Å². The highest BCUT2D eigenvalue weighted by molar-refractivity contribution is 6.67. The van der Waals surface area contributed by atoms with Gasteiger partial charge in [-0.25, -0.2) is 19.2 Å². The summed E-state index contributed by atoms with van der Waals surface area (Å²) in [4.78, 5) is 101. The summed E-state index contributed by atoms with van der Waals surface area (Å²) in [5, 5.41) is 14.1. The fourth-order valence-electron chi connectivity index (χ4n) is 11.4. The zero-order valence-corrected chi connectivity index (χ0v) is 44.0. The highest BCUT2D eigenvalue weighted by Crippen LogP contribution is 2.65. The summed E-state index contributed by atoms with van der Waals surface area (Å²) in [7, 11) is 0. The van der Waals surface area contributed by atoms with Crippen molar-refractivity contribution in [3.05, 3.63) is 82.9 Å². The summed E-state index contributed by atoms with van der Waals surface area (Å²) in [6.07, 6.45) is -12.9. The molecule has 11 atom stereocenters. The summed E-state index contributed by atoms with van der Waals surface area (Å²) in [5.74, 6) is -6.47. The summed E-state index contributed by atoms with van der Waals surface area (Å²) >= 11 is 17.7. The zero-order chi connectivity index (χ0) is 53.3. The lowest BCUT2D eigenvalue weighted by Crippen LogP contribution is -2.82. The molecule has 21 heteroatoms. The molecule has 4 fully saturated rings. The largest absolute Gasteiger partial charge is 0.508 e. The van der Waals surface area contributed by atoms with Crippen molar-refractivity contribution in [3.63, 3.8) is 0 Å². The molecular weight excluding hydrogens is 1000 g/mol. The van der Waals surface area contributed by atoms with Gasteiger partial charge in [0.2, 0.25) is 3.79 Å². The molecule has 2 saturated heterocycles.